The average Bonchev–Trinajstić information content (AvgIpc) is 2.58. The second kappa shape index (κ2) is 4.93. The minimum atomic E-state index is 0.141. The van der Waals surface area contributed by atoms with Gasteiger partial charge < -0.3 is 4.90 Å². The van der Waals surface area contributed by atoms with E-state index in [0.29, 0.717) is 12.3 Å². The van der Waals surface area contributed by atoms with Crippen molar-refractivity contribution in [2.24, 2.45) is 5.92 Å². The molecule has 1 aromatic rings. The molecule has 1 unspecified atom stereocenters. The average molecular weight is 307 g/mol. The molecule has 0 aromatic heterocycles. The Labute approximate surface area is 118 Å². The minimum absolute atomic E-state index is 0.141. The van der Waals surface area contributed by atoms with Crippen molar-refractivity contribution in [3.8, 4) is 6.07 Å². The van der Waals surface area contributed by atoms with E-state index in [0.717, 1.165) is 17.4 Å². The van der Waals surface area contributed by atoms with E-state index in [2.05, 4.69) is 65.9 Å². The van der Waals surface area contributed by atoms with Crippen LogP contribution in [0.4, 0.5) is 5.69 Å². The second-order valence-electron chi connectivity index (χ2n) is 5.79. The lowest BCUT2D eigenvalue weighted by atomic mass is 9.94. The van der Waals surface area contributed by atoms with E-state index in [1.165, 1.54) is 11.3 Å². The van der Waals surface area contributed by atoms with Crippen molar-refractivity contribution in [2.45, 2.75) is 39.2 Å². The number of hydrogen-bond donors (Lipinski definition) is 0. The Morgan fingerprint density at radius 3 is 2.83 bits per heavy atom. The first-order chi connectivity index (χ1) is 8.44. The number of aryl methyl sites for hydroxylation is 1. The third kappa shape index (κ3) is 2.54. The van der Waals surface area contributed by atoms with Gasteiger partial charge in [-0.15, -0.1) is 0 Å². The molecule has 1 saturated heterocycles. The number of halogens is 1. The monoisotopic (exact) mass is 306 g/mol. The predicted molar refractivity (Wildman–Crippen MR) is 78.6 cm³/mol. The van der Waals surface area contributed by atoms with Gasteiger partial charge in [0.15, 0.2) is 0 Å². The summed E-state index contributed by atoms with van der Waals surface area (Å²) in [4.78, 5) is 2.44. The van der Waals surface area contributed by atoms with E-state index in [1.54, 1.807) is 0 Å². The summed E-state index contributed by atoms with van der Waals surface area (Å²) in [6.07, 6.45) is 1.76. The molecule has 1 heterocycles. The van der Waals surface area contributed by atoms with Crippen LogP contribution in [0, 0.1) is 24.2 Å². The SMILES string of the molecule is Cc1cc(N2CC(CC#N)CC2(C)C)ccc1Br. The van der Waals surface area contributed by atoms with Gasteiger partial charge in [0.25, 0.3) is 0 Å². The van der Waals surface area contributed by atoms with Gasteiger partial charge >= 0.3 is 0 Å². The van der Waals surface area contributed by atoms with Crippen LogP contribution in [-0.2, 0) is 0 Å². The summed E-state index contributed by atoms with van der Waals surface area (Å²) in [7, 11) is 0. The number of anilines is 1. The maximum atomic E-state index is 8.86. The minimum Gasteiger partial charge on any atom is -0.366 e. The molecule has 0 bridgehead atoms. The molecular weight excluding hydrogens is 288 g/mol. The highest BCUT2D eigenvalue weighted by Crippen LogP contribution is 2.38. The van der Waals surface area contributed by atoms with Crippen LogP contribution < -0.4 is 4.90 Å². The largest absolute Gasteiger partial charge is 0.366 e. The zero-order valence-corrected chi connectivity index (χ0v) is 12.8. The lowest BCUT2D eigenvalue weighted by molar-refractivity contribution is 0.476. The number of rotatable bonds is 2. The Bertz CT molecular complexity index is 488. The summed E-state index contributed by atoms with van der Waals surface area (Å²) in [5.74, 6) is 0.494. The first-order valence-electron chi connectivity index (χ1n) is 6.35. The molecule has 0 N–H and O–H groups in total. The summed E-state index contributed by atoms with van der Waals surface area (Å²) in [6.45, 7) is 7.63. The first kappa shape index (κ1) is 13.4. The molecule has 2 rings (SSSR count). The van der Waals surface area contributed by atoms with Crippen molar-refractivity contribution >= 4 is 21.6 Å². The number of benzene rings is 1. The molecule has 2 nitrogen and oxygen atoms in total. The Morgan fingerprint density at radius 1 is 1.50 bits per heavy atom. The zero-order valence-electron chi connectivity index (χ0n) is 11.2. The van der Waals surface area contributed by atoms with Crippen molar-refractivity contribution in [2.75, 3.05) is 11.4 Å². The number of hydrogen-bond acceptors (Lipinski definition) is 2. The fourth-order valence-electron chi connectivity index (χ4n) is 2.90. The lowest BCUT2D eigenvalue weighted by Gasteiger charge is -2.34. The molecule has 0 radical (unpaired) electrons. The van der Waals surface area contributed by atoms with Crippen LogP contribution in [0.25, 0.3) is 0 Å². The molecule has 1 aromatic carbocycles. The van der Waals surface area contributed by atoms with Crippen molar-refractivity contribution < 1.29 is 0 Å². The molecule has 0 spiro atoms. The van der Waals surface area contributed by atoms with Gasteiger partial charge in [0, 0.05) is 28.7 Å². The van der Waals surface area contributed by atoms with Gasteiger partial charge in [0.05, 0.1) is 6.07 Å². The molecule has 3 heteroatoms. The predicted octanol–water partition coefficient (Wildman–Crippen LogP) is 4.28. The van der Waals surface area contributed by atoms with Crippen LogP contribution in [0.15, 0.2) is 22.7 Å². The summed E-state index contributed by atoms with van der Waals surface area (Å²) >= 11 is 3.54. The summed E-state index contributed by atoms with van der Waals surface area (Å²) in [5.41, 5.74) is 2.66. The van der Waals surface area contributed by atoms with E-state index < -0.39 is 0 Å². The summed E-state index contributed by atoms with van der Waals surface area (Å²) in [5, 5.41) is 8.86. The fourth-order valence-corrected chi connectivity index (χ4v) is 3.15. The van der Waals surface area contributed by atoms with E-state index in [9.17, 15) is 0 Å². The maximum absolute atomic E-state index is 8.86. The third-order valence-electron chi connectivity index (χ3n) is 3.79. The maximum Gasteiger partial charge on any atom is 0.0625 e. The van der Waals surface area contributed by atoms with Gasteiger partial charge in [-0.05, 0) is 56.9 Å². The standard InChI is InChI=1S/C15H19BrN2/c1-11-8-13(4-5-14(11)16)18-10-12(6-7-17)9-15(18,2)3/h4-5,8,12H,6,9-10H2,1-3H3. The van der Waals surface area contributed by atoms with Crippen molar-refractivity contribution in [3.05, 3.63) is 28.2 Å². The molecule has 0 aliphatic carbocycles. The Balaban J connectivity index is 2.27. The zero-order chi connectivity index (χ0) is 13.3. The van der Waals surface area contributed by atoms with Gasteiger partial charge in [-0.1, -0.05) is 15.9 Å². The van der Waals surface area contributed by atoms with Gasteiger partial charge in [0.2, 0.25) is 0 Å². The lowest BCUT2D eigenvalue weighted by Crippen LogP contribution is -2.38. The summed E-state index contributed by atoms with van der Waals surface area (Å²) < 4.78 is 1.15. The van der Waals surface area contributed by atoms with Crippen LogP contribution in [0.1, 0.15) is 32.3 Å². The molecule has 0 amide bonds. The number of nitrogens with zero attached hydrogens (tertiary/aromatic N) is 2. The second-order valence-corrected chi connectivity index (χ2v) is 6.64. The van der Waals surface area contributed by atoms with Crippen LogP contribution in [-0.4, -0.2) is 12.1 Å². The fraction of sp³-hybridized carbons (Fsp3) is 0.533. The molecule has 1 aliphatic rings. The van der Waals surface area contributed by atoms with Crippen molar-refractivity contribution in [3.63, 3.8) is 0 Å². The topological polar surface area (TPSA) is 27.0 Å². The molecule has 18 heavy (non-hydrogen) atoms. The molecular formula is C15H19BrN2. The number of nitriles is 1. The van der Waals surface area contributed by atoms with E-state index in [-0.39, 0.29) is 5.54 Å². The van der Waals surface area contributed by atoms with E-state index in [1.807, 2.05) is 0 Å². The smallest absolute Gasteiger partial charge is 0.0625 e. The van der Waals surface area contributed by atoms with Gasteiger partial charge in [-0.3, -0.25) is 0 Å². The quantitative estimate of drug-likeness (QED) is 0.815. The van der Waals surface area contributed by atoms with Crippen LogP contribution >= 0.6 is 15.9 Å². The molecule has 0 saturated carbocycles. The van der Waals surface area contributed by atoms with Gasteiger partial charge in [0.1, 0.15) is 0 Å². The molecule has 1 fully saturated rings. The van der Waals surface area contributed by atoms with E-state index >= 15 is 0 Å². The highest BCUT2D eigenvalue weighted by molar-refractivity contribution is 9.10. The van der Waals surface area contributed by atoms with E-state index in [4.69, 9.17) is 5.26 Å². The van der Waals surface area contributed by atoms with Gasteiger partial charge in [-0.25, -0.2) is 0 Å². The van der Waals surface area contributed by atoms with Crippen LogP contribution in [0.3, 0.4) is 0 Å². The summed E-state index contributed by atoms with van der Waals surface area (Å²) in [6, 6.07) is 8.80. The highest BCUT2D eigenvalue weighted by atomic mass is 79.9. The Kier molecular flexibility index (Phi) is 3.68. The normalized spacial score (nSPS) is 21.9. The third-order valence-corrected chi connectivity index (χ3v) is 4.68. The van der Waals surface area contributed by atoms with Crippen LogP contribution in [0.5, 0.6) is 0 Å². The Morgan fingerprint density at radius 2 is 2.22 bits per heavy atom. The van der Waals surface area contributed by atoms with Crippen LogP contribution in [0.2, 0.25) is 0 Å². The van der Waals surface area contributed by atoms with Crippen molar-refractivity contribution in [1.82, 2.24) is 0 Å². The molecule has 1 atom stereocenters. The van der Waals surface area contributed by atoms with Gasteiger partial charge in [-0.2, -0.15) is 5.26 Å². The first-order valence-corrected chi connectivity index (χ1v) is 7.14. The Hall–Kier alpha value is -1.01. The highest BCUT2D eigenvalue weighted by Gasteiger charge is 2.38. The van der Waals surface area contributed by atoms with Crippen molar-refractivity contribution in [1.29, 1.82) is 5.26 Å². The molecule has 1 aliphatic heterocycles. The molecule has 96 valence electrons.